The lowest BCUT2D eigenvalue weighted by atomic mass is 10.1. The van der Waals surface area contributed by atoms with Crippen molar-refractivity contribution in [3.63, 3.8) is 0 Å². The van der Waals surface area contributed by atoms with Crippen molar-refractivity contribution in [3.05, 3.63) is 34.6 Å². The number of halogens is 1. The Morgan fingerprint density at radius 1 is 1.44 bits per heavy atom. The van der Waals surface area contributed by atoms with Gasteiger partial charge in [-0.05, 0) is 30.5 Å². The summed E-state index contributed by atoms with van der Waals surface area (Å²) in [5, 5.41) is 2.71. The lowest BCUT2D eigenvalue weighted by Crippen LogP contribution is -2.40. The number of carbonyl (C=O) groups excluding carboxylic acids is 1. The van der Waals surface area contributed by atoms with Crippen LogP contribution in [-0.4, -0.2) is 25.7 Å². The molecule has 0 fully saturated rings. The van der Waals surface area contributed by atoms with Crippen LogP contribution < -0.4 is 11.1 Å². The molecule has 1 aromatic carbocycles. The summed E-state index contributed by atoms with van der Waals surface area (Å²) in [7, 11) is 1.43. The molecule has 3 N–H and O–H groups in total. The standard InChI is InChI=1S/C13H19FN2O2/c1-8-4-10(5-9(2)12(8)14)7-16-13(17)11(6-15)18-3/h4-5,11H,6-7,15H2,1-3H3,(H,16,17). The normalized spacial score (nSPS) is 12.3. The summed E-state index contributed by atoms with van der Waals surface area (Å²) in [6.07, 6.45) is -0.646. The van der Waals surface area contributed by atoms with Crippen LogP contribution in [0.1, 0.15) is 16.7 Å². The minimum atomic E-state index is -0.646. The number of nitrogens with one attached hydrogen (secondary N) is 1. The van der Waals surface area contributed by atoms with Gasteiger partial charge in [0.05, 0.1) is 0 Å². The second-order valence-electron chi connectivity index (χ2n) is 4.22. The molecule has 1 rings (SSSR count). The van der Waals surface area contributed by atoms with Gasteiger partial charge in [-0.1, -0.05) is 12.1 Å². The quantitative estimate of drug-likeness (QED) is 0.825. The van der Waals surface area contributed by atoms with E-state index in [9.17, 15) is 9.18 Å². The lowest BCUT2D eigenvalue weighted by molar-refractivity contribution is -0.130. The molecule has 0 aliphatic rings. The summed E-state index contributed by atoms with van der Waals surface area (Å²) in [6, 6.07) is 3.43. The summed E-state index contributed by atoms with van der Waals surface area (Å²) < 4.78 is 18.3. The van der Waals surface area contributed by atoms with Gasteiger partial charge in [0.25, 0.3) is 5.91 Å². The van der Waals surface area contributed by atoms with Gasteiger partial charge in [-0.25, -0.2) is 4.39 Å². The molecule has 0 aliphatic heterocycles. The topological polar surface area (TPSA) is 64.3 Å². The minimum absolute atomic E-state index is 0.129. The number of methoxy groups -OCH3 is 1. The summed E-state index contributed by atoms with van der Waals surface area (Å²) in [4.78, 5) is 11.6. The third kappa shape index (κ3) is 3.51. The van der Waals surface area contributed by atoms with E-state index < -0.39 is 6.10 Å². The van der Waals surface area contributed by atoms with E-state index >= 15 is 0 Å². The van der Waals surface area contributed by atoms with Crippen molar-refractivity contribution in [1.29, 1.82) is 0 Å². The van der Waals surface area contributed by atoms with Crippen LogP contribution in [-0.2, 0) is 16.1 Å². The summed E-state index contributed by atoms with van der Waals surface area (Å²) in [5.74, 6) is -0.471. The largest absolute Gasteiger partial charge is 0.370 e. The molecule has 0 aromatic heterocycles. The van der Waals surface area contributed by atoms with E-state index in [1.165, 1.54) is 7.11 Å². The molecule has 0 heterocycles. The van der Waals surface area contributed by atoms with Crippen LogP contribution in [0.5, 0.6) is 0 Å². The Bertz CT molecular complexity index is 408. The molecule has 5 heteroatoms. The Balaban J connectivity index is 2.67. The van der Waals surface area contributed by atoms with Crippen LogP contribution >= 0.6 is 0 Å². The van der Waals surface area contributed by atoms with Crippen LogP contribution in [0.2, 0.25) is 0 Å². The van der Waals surface area contributed by atoms with E-state index in [2.05, 4.69) is 5.32 Å². The number of ether oxygens (including phenoxy) is 1. The van der Waals surface area contributed by atoms with Gasteiger partial charge in [-0.15, -0.1) is 0 Å². The highest BCUT2D eigenvalue weighted by atomic mass is 19.1. The number of aryl methyl sites for hydroxylation is 2. The van der Waals surface area contributed by atoms with Crippen LogP contribution in [0.25, 0.3) is 0 Å². The second-order valence-corrected chi connectivity index (χ2v) is 4.22. The van der Waals surface area contributed by atoms with Crippen LogP contribution in [0.3, 0.4) is 0 Å². The predicted molar refractivity (Wildman–Crippen MR) is 67.6 cm³/mol. The van der Waals surface area contributed by atoms with Gasteiger partial charge >= 0.3 is 0 Å². The Labute approximate surface area is 106 Å². The van der Waals surface area contributed by atoms with Gasteiger partial charge in [0.2, 0.25) is 0 Å². The second kappa shape index (κ2) is 6.47. The average Bonchev–Trinajstić information content (AvgIpc) is 2.34. The zero-order chi connectivity index (χ0) is 13.7. The van der Waals surface area contributed by atoms with Crippen molar-refractivity contribution < 1.29 is 13.9 Å². The number of benzene rings is 1. The number of rotatable bonds is 5. The molecule has 0 saturated heterocycles. The third-order valence-corrected chi connectivity index (χ3v) is 2.75. The molecule has 18 heavy (non-hydrogen) atoms. The van der Waals surface area contributed by atoms with Crippen molar-refractivity contribution >= 4 is 5.91 Å². The lowest BCUT2D eigenvalue weighted by Gasteiger charge is -2.13. The molecule has 1 amide bonds. The van der Waals surface area contributed by atoms with E-state index in [-0.39, 0.29) is 18.3 Å². The maximum atomic E-state index is 13.4. The summed E-state index contributed by atoms with van der Waals surface area (Å²) in [6.45, 7) is 3.86. The highest BCUT2D eigenvalue weighted by Gasteiger charge is 2.15. The van der Waals surface area contributed by atoms with E-state index in [0.29, 0.717) is 17.7 Å². The van der Waals surface area contributed by atoms with E-state index in [0.717, 1.165) is 5.56 Å². The maximum absolute atomic E-state index is 13.4. The molecule has 1 aromatic rings. The number of carbonyl (C=O) groups is 1. The highest BCUT2D eigenvalue weighted by molar-refractivity contribution is 5.80. The monoisotopic (exact) mass is 254 g/mol. The fourth-order valence-electron chi connectivity index (χ4n) is 1.75. The first-order valence-electron chi connectivity index (χ1n) is 5.75. The SMILES string of the molecule is COC(CN)C(=O)NCc1cc(C)c(F)c(C)c1. The van der Waals surface area contributed by atoms with Gasteiger partial charge in [0, 0.05) is 20.2 Å². The predicted octanol–water partition coefficient (Wildman–Crippen LogP) is 1.03. The zero-order valence-corrected chi connectivity index (χ0v) is 10.9. The molecule has 0 saturated carbocycles. The van der Waals surface area contributed by atoms with Crippen LogP contribution in [0.15, 0.2) is 12.1 Å². The molecule has 0 radical (unpaired) electrons. The summed E-state index contributed by atoms with van der Waals surface area (Å²) in [5.41, 5.74) is 7.38. The Morgan fingerprint density at radius 2 is 2.00 bits per heavy atom. The highest BCUT2D eigenvalue weighted by Crippen LogP contribution is 2.14. The maximum Gasteiger partial charge on any atom is 0.250 e. The molecule has 0 aliphatic carbocycles. The van der Waals surface area contributed by atoms with Crippen molar-refractivity contribution in [2.45, 2.75) is 26.5 Å². The fourth-order valence-corrected chi connectivity index (χ4v) is 1.75. The van der Waals surface area contributed by atoms with E-state index in [4.69, 9.17) is 10.5 Å². The van der Waals surface area contributed by atoms with Gasteiger partial charge in [0.15, 0.2) is 0 Å². The Morgan fingerprint density at radius 3 is 2.44 bits per heavy atom. The molecule has 0 spiro atoms. The van der Waals surface area contributed by atoms with Crippen LogP contribution in [0.4, 0.5) is 4.39 Å². The molecule has 4 nitrogen and oxygen atoms in total. The molecule has 1 atom stereocenters. The van der Waals surface area contributed by atoms with Crippen molar-refractivity contribution in [1.82, 2.24) is 5.32 Å². The van der Waals surface area contributed by atoms with Gasteiger partial charge < -0.3 is 15.8 Å². The van der Waals surface area contributed by atoms with Crippen molar-refractivity contribution in [3.8, 4) is 0 Å². The zero-order valence-electron chi connectivity index (χ0n) is 10.9. The number of amides is 1. The molecule has 0 bridgehead atoms. The fraction of sp³-hybridized carbons (Fsp3) is 0.462. The first-order valence-corrected chi connectivity index (χ1v) is 5.75. The number of hydrogen-bond acceptors (Lipinski definition) is 3. The first-order chi connectivity index (χ1) is 8.49. The van der Waals surface area contributed by atoms with Gasteiger partial charge in [-0.2, -0.15) is 0 Å². The summed E-state index contributed by atoms with van der Waals surface area (Å²) >= 11 is 0. The number of nitrogens with two attached hydrogens (primary N) is 1. The molecule has 100 valence electrons. The number of hydrogen-bond donors (Lipinski definition) is 2. The van der Waals surface area contributed by atoms with E-state index in [1.807, 2.05) is 0 Å². The minimum Gasteiger partial charge on any atom is -0.370 e. The third-order valence-electron chi connectivity index (χ3n) is 2.75. The average molecular weight is 254 g/mol. The van der Waals surface area contributed by atoms with Crippen molar-refractivity contribution in [2.75, 3.05) is 13.7 Å². The van der Waals surface area contributed by atoms with Gasteiger partial charge in [0.1, 0.15) is 11.9 Å². The van der Waals surface area contributed by atoms with Crippen molar-refractivity contribution in [2.24, 2.45) is 5.73 Å². The van der Waals surface area contributed by atoms with Crippen LogP contribution in [0, 0.1) is 19.7 Å². The molecular formula is C13H19FN2O2. The van der Waals surface area contributed by atoms with E-state index in [1.54, 1.807) is 26.0 Å². The van der Waals surface area contributed by atoms with Gasteiger partial charge in [-0.3, -0.25) is 4.79 Å². The molecule has 1 unspecified atom stereocenters. The molecular weight excluding hydrogens is 235 g/mol. The first kappa shape index (κ1) is 14.6. The smallest absolute Gasteiger partial charge is 0.250 e. The Hall–Kier alpha value is -1.46. The Kier molecular flexibility index (Phi) is 5.25.